The smallest absolute Gasteiger partial charge is 0.322 e. The number of benzene rings is 1. The van der Waals surface area contributed by atoms with E-state index in [2.05, 4.69) is 20.3 Å². The van der Waals surface area contributed by atoms with Gasteiger partial charge in [-0.05, 0) is 25.5 Å². The number of methoxy groups -OCH3 is 1. The van der Waals surface area contributed by atoms with Crippen LogP contribution in [0.3, 0.4) is 0 Å². The minimum Gasteiger partial charge on any atom is -0.497 e. The van der Waals surface area contributed by atoms with Crippen LogP contribution in [0.5, 0.6) is 5.75 Å². The van der Waals surface area contributed by atoms with Crippen molar-refractivity contribution in [2.75, 3.05) is 44.0 Å². The first-order chi connectivity index (χ1) is 13.1. The number of amides is 3. The van der Waals surface area contributed by atoms with Gasteiger partial charge in [0.05, 0.1) is 7.11 Å². The number of nitrogens with one attached hydrogen (secondary N) is 2. The van der Waals surface area contributed by atoms with E-state index in [4.69, 9.17) is 9.47 Å². The highest BCUT2D eigenvalue weighted by Gasteiger charge is 2.18. The molecule has 0 spiro atoms. The molecular formula is C18H24N4O5. The van der Waals surface area contributed by atoms with Gasteiger partial charge in [-0.15, -0.1) is 0 Å². The van der Waals surface area contributed by atoms with Crippen LogP contribution in [0.25, 0.3) is 0 Å². The van der Waals surface area contributed by atoms with Crippen LogP contribution < -0.4 is 15.4 Å². The van der Waals surface area contributed by atoms with Crippen LogP contribution in [0.1, 0.15) is 13.3 Å². The zero-order chi connectivity index (χ0) is 19.5. The van der Waals surface area contributed by atoms with Gasteiger partial charge in [0.15, 0.2) is 5.82 Å². The summed E-state index contributed by atoms with van der Waals surface area (Å²) in [5, 5.41) is 8.97. The van der Waals surface area contributed by atoms with Gasteiger partial charge in [0, 0.05) is 37.6 Å². The fourth-order valence-electron chi connectivity index (χ4n) is 2.29. The number of ether oxygens (including phenoxy) is 2. The van der Waals surface area contributed by atoms with Crippen LogP contribution in [0.2, 0.25) is 0 Å². The molecule has 1 aromatic carbocycles. The molecule has 3 amide bonds. The van der Waals surface area contributed by atoms with Crippen molar-refractivity contribution in [2.24, 2.45) is 0 Å². The van der Waals surface area contributed by atoms with Crippen molar-refractivity contribution in [3.8, 4) is 5.75 Å². The number of hydrogen-bond acceptors (Lipinski definition) is 6. The summed E-state index contributed by atoms with van der Waals surface area (Å²) in [6.07, 6.45) is 1.96. The molecule has 0 saturated heterocycles. The lowest BCUT2D eigenvalue weighted by molar-refractivity contribution is -0.116. The average molecular weight is 376 g/mol. The predicted molar refractivity (Wildman–Crippen MR) is 99.8 cm³/mol. The van der Waals surface area contributed by atoms with Gasteiger partial charge in [0.25, 0.3) is 0 Å². The minimum atomic E-state index is -0.393. The second-order valence-electron chi connectivity index (χ2n) is 5.57. The molecule has 146 valence electrons. The standard InChI is InChI=1S/C18H24N4O5/c1-3-26-10-5-9-22(13-17(23)20-16-8-11-27-21-16)18(24)19-14-6-4-7-15(12-14)25-2/h4,6-8,11-12H,3,5,9-10,13H2,1-2H3,(H,19,24)(H,20,21,23). The number of carbonyl (C=O) groups excluding carboxylic acids is 2. The molecule has 9 nitrogen and oxygen atoms in total. The van der Waals surface area contributed by atoms with Crippen LogP contribution in [0, 0.1) is 0 Å². The van der Waals surface area contributed by atoms with Crippen LogP contribution >= 0.6 is 0 Å². The minimum absolute atomic E-state index is 0.130. The number of hydrogen-bond donors (Lipinski definition) is 2. The van der Waals surface area contributed by atoms with Gasteiger partial charge in [-0.25, -0.2) is 4.79 Å². The Labute approximate surface area is 157 Å². The molecule has 2 rings (SSSR count). The Morgan fingerprint density at radius 3 is 2.81 bits per heavy atom. The zero-order valence-electron chi connectivity index (χ0n) is 15.4. The van der Waals surface area contributed by atoms with Crippen LogP contribution in [-0.2, 0) is 9.53 Å². The van der Waals surface area contributed by atoms with E-state index >= 15 is 0 Å². The summed E-state index contributed by atoms with van der Waals surface area (Å²) < 4.78 is 15.1. The summed E-state index contributed by atoms with van der Waals surface area (Å²) in [4.78, 5) is 26.2. The highest BCUT2D eigenvalue weighted by molar-refractivity contribution is 5.96. The second kappa shape index (κ2) is 10.8. The van der Waals surface area contributed by atoms with E-state index in [-0.39, 0.29) is 12.5 Å². The first-order valence-electron chi connectivity index (χ1n) is 8.60. The predicted octanol–water partition coefficient (Wildman–Crippen LogP) is 2.58. The van der Waals surface area contributed by atoms with E-state index in [1.165, 1.54) is 17.2 Å². The fourth-order valence-corrected chi connectivity index (χ4v) is 2.29. The SMILES string of the molecule is CCOCCCN(CC(=O)Nc1ccon1)C(=O)Nc1cccc(OC)c1. The molecule has 2 N–H and O–H groups in total. The Balaban J connectivity index is 1.98. The van der Waals surface area contributed by atoms with Gasteiger partial charge in [0.1, 0.15) is 18.6 Å². The lowest BCUT2D eigenvalue weighted by Gasteiger charge is -2.22. The number of anilines is 2. The first kappa shape index (κ1) is 20.2. The number of carbonyl (C=O) groups is 2. The molecule has 0 atom stereocenters. The highest BCUT2D eigenvalue weighted by Crippen LogP contribution is 2.17. The fraction of sp³-hybridized carbons (Fsp3) is 0.389. The number of urea groups is 1. The molecule has 0 radical (unpaired) electrons. The maximum absolute atomic E-state index is 12.6. The summed E-state index contributed by atoms with van der Waals surface area (Å²) in [6.45, 7) is 3.24. The van der Waals surface area contributed by atoms with E-state index in [0.717, 1.165) is 0 Å². The second-order valence-corrected chi connectivity index (χ2v) is 5.57. The zero-order valence-corrected chi connectivity index (χ0v) is 15.4. The highest BCUT2D eigenvalue weighted by atomic mass is 16.5. The van der Waals surface area contributed by atoms with Crippen molar-refractivity contribution in [1.82, 2.24) is 10.1 Å². The van der Waals surface area contributed by atoms with Crippen LogP contribution in [-0.4, -0.2) is 55.4 Å². The third-order valence-electron chi connectivity index (χ3n) is 3.57. The summed E-state index contributed by atoms with van der Waals surface area (Å²) in [5.74, 6) is 0.544. The van der Waals surface area contributed by atoms with E-state index in [1.807, 2.05) is 6.92 Å². The van der Waals surface area contributed by atoms with Crippen LogP contribution in [0.4, 0.5) is 16.3 Å². The molecule has 0 fully saturated rings. The first-order valence-corrected chi connectivity index (χ1v) is 8.60. The molecule has 27 heavy (non-hydrogen) atoms. The summed E-state index contributed by atoms with van der Waals surface area (Å²) in [7, 11) is 1.55. The summed E-state index contributed by atoms with van der Waals surface area (Å²) >= 11 is 0. The molecule has 1 heterocycles. The Morgan fingerprint density at radius 1 is 1.26 bits per heavy atom. The Bertz CT molecular complexity index is 720. The normalized spacial score (nSPS) is 10.3. The van der Waals surface area contributed by atoms with Gasteiger partial charge in [-0.3, -0.25) is 4.79 Å². The molecule has 1 aromatic heterocycles. The third kappa shape index (κ3) is 6.98. The maximum atomic E-state index is 12.6. The van der Waals surface area contributed by atoms with E-state index in [0.29, 0.717) is 43.4 Å². The van der Waals surface area contributed by atoms with E-state index in [1.54, 1.807) is 31.4 Å². The summed E-state index contributed by atoms with van der Waals surface area (Å²) in [5.41, 5.74) is 0.575. The van der Waals surface area contributed by atoms with Gasteiger partial charge >= 0.3 is 6.03 Å². The lowest BCUT2D eigenvalue weighted by atomic mass is 10.3. The van der Waals surface area contributed by atoms with Crippen molar-refractivity contribution in [3.05, 3.63) is 36.6 Å². The molecule has 0 saturated carbocycles. The van der Waals surface area contributed by atoms with Crippen LogP contribution in [0.15, 0.2) is 41.1 Å². The van der Waals surface area contributed by atoms with Gasteiger partial charge in [-0.1, -0.05) is 11.2 Å². The Kier molecular flexibility index (Phi) is 8.11. The monoisotopic (exact) mass is 376 g/mol. The van der Waals surface area contributed by atoms with Crippen molar-refractivity contribution < 1.29 is 23.6 Å². The molecular weight excluding hydrogens is 352 g/mol. The van der Waals surface area contributed by atoms with Gasteiger partial charge in [0.2, 0.25) is 5.91 Å². The molecule has 0 unspecified atom stereocenters. The lowest BCUT2D eigenvalue weighted by Crippen LogP contribution is -2.41. The van der Waals surface area contributed by atoms with Gasteiger partial charge in [-0.2, -0.15) is 0 Å². The van der Waals surface area contributed by atoms with E-state index in [9.17, 15) is 9.59 Å². The van der Waals surface area contributed by atoms with Crippen molar-refractivity contribution >= 4 is 23.4 Å². The van der Waals surface area contributed by atoms with Crippen molar-refractivity contribution in [3.63, 3.8) is 0 Å². The van der Waals surface area contributed by atoms with E-state index < -0.39 is 6.03 Å². The molecule has 2 aromatic rings. The quantitative estimate of drug-likeness (QED) is 0.618. The third-order valence-corrected chi connectivity index (χ3v) is 3.57. The largest absolute Gasteiger partial charge is 0.497 e. The Morgan fingerprint density at radius 2 is 2.11 bits per heavy atom. The number of rotatable bonds is 10. The molecule has 9 heteroatoms. The Hall–Kier alpha value is -3.07. The molecule has 0 bridgehead atoms. The number of aromatic nitrogens is 1. The topological polar surface area (TPSA) is 106 Å². The molecule has 0 aliphatic rings. The van der Waals surface area contributed by atoms with Crippen molar-refractivity contribution in [1.29, 1.82) is 0 Å². The summed E-state index contributed by atoms with van der Waals surface area (Å²) in [6, 6.07) is 8.12. The maximum Gasteiger partial charge on any atom is 0.322 e. The average Bonchev–Trinajstić information content (AvgIpc) is 3.17. The van der Waals surface area contributed by atoms with Crippen molar-refractivity contribution in [2.45, 2.75) is 13.3 Å². The molecule has 0 aliphatic carbocycles. The van der Waals surface area contributed by atoms with Gasteiger partial charge < -0.3 is 29.5 Å². The molecule has 0 aliphatic heterocycles. The number of nitrogens with zero attached hydrogens (tertiary/aromatic N) is 2.